The van der Waals surface area contributed by atoms with Gasteiger partial charge in [-0.3, -0.25) is 0 Å². The third-order valence-electron chi connectivity index (χ3n) is 2.31. The van der Waals surface area contributed by atoms with E-state index in [-0.39, 0.29) is 6.04 Å². The van der Waals surface area contributed by atoms with Gasteiger partial charge in [0, 0.05) is 10.0 Å². The molecule has 4 nitrogen and oxygen atoms in total. The Morgan fingerprint density at radius 3 is 2.88 bits per heavy atom. The van der Waals surface area contributed by atoms with Gasteiger partial charge < -0.3 is 10.3 Å². The molecule has 0 amide bonds. The Labute approximate surface area is 102 Å². The summed E-state index contributed by atoms with van der Waals surface area (Å²) in [5.41, 5.74) is 6.72. The largest absolute Gasteiger partial charge is 0.337 e. The molecule has 0 fully saturated rings. The fraction of sp³-hybridized carbons (Fsp3) is 0.273. The van der Waals surface area contributed by atoms with Crippen LogP contribution in [0.2, 0.25) is 0 Å². The molecule has 2 N–H and O–H groups in total. The van der Waals surface area contributed by atoms with E-state index in [2.05, 4.69) is 26.1 Å². The number of hydrogen-bond donors (Lipinski definition) is 1. The van der Waals surface area contributed by atoms with Crippen LogP contribution in [0.1, 0.15) is 25.3 Å². The van der Waals surface area contributed by atoms with Gasteiger partial charge >= 0.3 is 0 Å². The molecule has 0 spiro atoms. The Hall–Kier alpha value is -1.20. The third kappa shape index (κ3) is 2.15. The van der Waals surface area contributed by atoms with Crippen LogP contribution < -0.4 is 5.73 Å². The summed E-state index contributed by atoms with van der Waals surface area (Å²) in [6.45, 7) is 1.98. The van der Waals surface area contributed by atoms with Crippen LogP contribution in [0.25, 0.3) is 11.4 Å². The van der Waals surface area contributed by atoms with E-state index >= 15 is 0 Å². The lowest BCUT2D eigenvalue weighted by molar-refractivity contribution is 0.352. The van der Waals surface area contributed by atoms with Crippen LogP contribution >= 0.6 is 15.9 Å². The van der Waals surface area contributed by atoms with Gasteiger partial charge in [-0.15, -0.1) is 0 Å². The molecule has 84 valence electrons. The molecule has 1 heterocycles. The van der Waals surface area contributed by atoms with Gasteiger partial charge in [0.25, 0.3) is 0 Å². The van der Waals surface area contributed by atoms with Gasteiger partial charge in [-0.2, -0.15) is 4.98 Å². The van der Waals surface area contributed by atoms with Crippen molar-refractivity contribution < 1.29 is 4.52 Å². The molecule has 2 aromatic rings. The molecule has 0 aliphatic heterocycles. The molecule has 0 bridgehead atoms. The number of nitrogens with two attached hydrogens (primary N) is 1. The highest BCUT2D eigenvalue weighted by atomic mass is 79.9. The lowest BCUT2D eigenvalue weighted by Crippen LogP contribution is -2.08. The maximum Gasteiger partial charge on any atom is 0.243 e. The lowest BCUT2D eigenvalue weighted by Gasteiger charge is -1.99. The van der Waals surface area contributed by atoms with Gasteiger partial charge in [0.1, 0.15) is 0 Å². The molecule has 2 rings (SSSR count). The maximum atomic E-state index is 5.82. The Morgan fingerprint density at radius 1 is 1.44 bits per heavy atom. The predicted octanol–water partition coefficient (Wildman–Crippen LogP) is 2.91. The quantitative estimate of drug-likeness (QED) is 0.940. The molecule has 5 heteroatoms. The zero-order chi connectivity index (χ0) is 11.5. The minimum absolute atomic E-state index is 0.191. The van der Waals surface area contributed by atoms with Crippen molar-refractivity contribution in [2.45, 2.75) is 19.4 Å². The summed E-state index contributed by atoms with van der Waals surface area (Å²) in [5, 5.41) is 3.92. The number of hydrogen-bond acceptors (Lipinski definition) is 4. The van der Waals surface area contributed by atoms with Crippen molar-refractivity contribution in [2.24, 2.45) is 5.73 Å². The van der Waals surface area contributed by atoms with Crippen molar-refractivity contribution in [3.05, 3.63) is 34.6 Å². The van der Waals surface area contributed by atoms with Crippen molar-refractivity contribution in [1.82, 2.24) is 10.1 Å². The second kappa shape index (κ2) is 4.76. The first-order valence-electron chi connectivity index (χ1n) is 5.06. The monoisotopic (exact) mass is 281 g/mol. The van der Waals surface area contributed by atoms with Crippen molar-refractivity contribution in [2.75, 3.05) is 0 Å². The van der Waals surface area contributed by atoms with Crippen molar-refractivity contribution in [3.8, 4) is 11.4 Å². The smallest absolute Gasteiger partial charge is 0.243 e. The van der Waals surface area contributed by atoms with Crippen LogP contribution in [-0.2, 0) is 0 Å². The van der Waals surface area contributed by atoms with Gasteiger partial charge in [0.05, 0.1) is 6.04 Å². The Balaban J connectivity index is 2.35. The van der Waals surface area contributed by atoms with Gasteiger partial charge in [-0.25, -0.2) is 0 Å². The van der Waals surface area contributed by atoms with Crippen LogP contribution in [0.15, 0.2) is 33.3 Å². The second-order valence-corrected chi connectivity index (χ2v) is 4.31. The Morgan fingerprint density at radius 2 is 2.19 bits per heavy atom. The van der Waals surface area contributed by atoms with E-state index in [1.54, 1.807) is 0 Å². The van der Waals surface area contributed by atoms with Crippen LogP contribution in [0.4, 0.5) is 0 Å². The van der Waals surface area contributed by atoms with Crippen molar-refractivity contribution >= 4 is 15.9 Å². The van der Waals surface area contributed by atoms with Crippen LogP contribution in [0.5, 0.6) is 0 Å². The van der Waals surface area contributed by atoms with Gasteiger partial charge in [0.15, 0.2) is 0 Å². The molecular formula is C11H12BrN3O. The SMILES string of the molecule is CC[C@H](N)c1nc(-c2ccccc2Br)no1. The minimum Gasteiger partial charge on any atom is -0.337 e. The first-order valence-corrected chi connectivity index (χ1v) is 5.85. The highest BCUT2D eigenvalue weighted by molar-refractivity contribution is 9.10. The Bertz CT molecular complexity index is 484. The highest BCUT2D eigenvalue weighted by Crippen LogP contribution is 2.26. The lowest BCUT2D eigenvalue weighted by atomic mass is 10.2. The van der Waals surface area contributed by atoms with E-state index in [0.717, 1.165) is 16.5 Å². The number of benzene rings is 1. The number of aromatic nitrogens is 2. The summed E-state index contributed by atoms with van der Waals surface area (Å²) in [6.07, 6.45) is 0.775. The molecule has 0 radical (unpaired) electrons. The molecule has 0 unspecified atom stereocenters. The average Bonchev–Trinajstić information content (AvgIpc) is 2.78. The van der Waals surface area contributed by atoms with E-state index < -0.39 is 0 Å². The zero-order valence-corrected chi connectivity index (χ0v) is 10.4. The van der Waals surface area contributed by atoms with Crippen molar-refractivity contribution in [3.63, 3.8) is 0 Å². The molecule has 1 atom stereocenters. The van der Waals surface area contributed by atoms with Crippen molar-refractivity contribution in [1.29, 1.82) is 0 Å². The molecule has 1 aromatic heterocycles. The summed E-state index contributed by atoms with van der Waals surface area (Å²) in [4.78, 5) is 4.28. The van der Waals surface area contributed by atoms with E-state index in [4.69, 9.17) is 10.3 Å². The van der Waals surface area contributed by atoms with Crippen LogP contribution in [-0.4, -0.2) is 10.1 Å². The highest BCUT2D eigenvalue weighted by Gasteiger charge is 2.15. The van der Waals surface area contributed by atoms with Gasteiger partial charge in [-0.1, -0.05) is 40.1 Å². The predicted molar refractivity (Wildman–Crippen MR) is 64.7 cm³/mol. The third-order valence-corrected chi connectivity index (χ3v) is 3.01. The summed E-state index contributed by atoms with van der Waals surface area (Å²) in [7, 11) is 0. The standard InChI is InChI=1S/C11H12BrN3O/c1-2-9(13)11-14-10(15-16-11)7-5-3-4-6-8(7)12/h3-6,9H,2,13H2,1H3/t9-/m0/s1. The van der Waals surface area contributed by atoms with E-state index in [1.807, 2.05) is 31.2 Å². The summed E-state index contributed by atoms with van der Waals surface area (Å²) in [5.74, 6) is 1.04. The molecule has 0 aliphatic rings. The Kier molecular flexibility index (Phi) is 3.36. The minimum atomic E-state index is -0.191. The second-order valence-electron chi connectivity index (χ2n) is 3.45. The van der Waals surface area contributed by atoms with Crippen LogP contribution in [0.3, 0.4) is 0 Å². The average molecular weight is 282 g/mol. The van der Waals surface area contributed by atoms with E-state index in [0.29, 0.717) is 11.7 Å². The molecule has 0 saturated carbocycles. The fourth-order valence-electron chi connectivity index (χ4n) is 1.31. The van der Waals surface area contributed by atoms with Gasteiger partial charge in [-0.05, 0) is 18.6 Å². The zero-order valence-electron chi connectivity index (χ0n) is 8.85. The molecule has 0 aliphatic carbocycles. The molecule has 0 saturated heterocycles. The van der Waals surface area contributed by atoms with E-state index in [1.165, 1.54) is 0 Å². The topological polar surface area (TPSA) is 64.9 Å². The summed E-state index contributed by atoms with van der Waals surface area (Å²) >= 11 is 3.44. The molecule has 16 heavy (non-hydrogen) atoms. The number of nitrogens with zero attached hydrogens (tertiary/aromatic N) is 2. The first kappa shape index (κ1) is 11.3. The van der Waals surface area contributed by atoms with Gasteiger partial charge in [0.2, 0.25) is 11.7 Å². The van der Waals surface area contributed by atoms with E-state index in [9.17, 15) is 0 Å². The summed E-state index contributed by atoms with van der Waals surface area (Å²) < 4.78 is 6.06. The normalized spacial score (nSPS) is 12.7. The number of rotatable bonds is 3. The molecule has 1 aromatic carbocycles. The number of halogens is 1. The fourth-order valence-corrected chi connectivity index (χ4v) is 1.77. The van der Waals surface area contributed by atoms with Crippen LogP contribution in [0, 0.1) is 0 Å². The molecular weight excluding hydrogens is 270 g/mol. The summed E-state index contributed by atoms with van der Waals surface area (Å²) in [6, 6.07) is 7.53. The maximum absolute atomic E-state index is 5.82. The first-order chi connectivity index (χ1) is 7.72.